The molecular weight excluding hydrogens is 387 g/mol. The minimum atomic E-state index is -2.76. The van der Waals surface area contributed by atoms with Gasteiger partial charge in [0.15, 0.2) is 11.6 Å². The van der Waals surface area contributed by atoms with E-state index in [1.54, 1.807) is 0 Å². The molecular formula is C23H33F5O. The summed E-state index contributed by atoms with van der Waals surface area (Å²) in [5.41, 5.74) is 0.407. The summed E-state index contributed by atoms with van der Waals surface area (Å²) in [7, 11) is 0. The summed E-state index contributed by atoms with van der Waals surface area (Å²) in [5.74, 6) is -2.18. The molecule has 0 bridgehead atoms. The average Bonchev–Trinajstić information content (AvgIpc) is 2.64. The quantitative estimate of drug-likeness (QED) is 0.216. The number of aryl methyl sites for hydroxylation is 1. The number of rotatable bonds is 14. The summed E-state index contributed by atoms with van der Waals surface area (Å²) in [6.45, 7) is 6.65. The van der Waals surface area contributed by atoms with Gasteiger partial charge >= 0.3 is 12.1 Å². The Morgan fingerprint density at radius 2 is 1.45 bits per heavy atom. The second kappa shape index (κ2) is 13.6. The van der Waals surface area contributed by atoms with Crippen molar-refractivity contribution in [2.45, 2.75) is 85.0 Å². The highest BCUT2D eigenvalue weighted by Crippen LogP contribution is 2.28. The number of hydrogen-bond donors (Lipinski definition) is 0. The summed E-state index contributed by atoms with van der Waals surface area (Å²) in [4.78, 5) is 0. The fourth-order valence-electron chi connectivity index (χ4n) is 3.81. The minimum absolute atomic E-state index is 0.407. The second-order valence-electron chi connectivity index (χ2n) is 7.90. The highest BCUT2D eigenvalue weighted by Gasteiger charge is 2.18. The lowest BCUT2D eigenvalue weighted by Gasteiger charge is -2.17. The zero-order valence-electron chi connectivity index (χ0n) is 17.7. The Labute approximate surface area is 171 Å². The molecule has 2 unspecified atom stereocenters. The van der Waals surface area contributed by atoms with Gasteiger partial charge < -0.3 is 4.74 Å². The molecule has 0 spiro atoms. The molecule has 1 aromatic rings. The molecule has 0 heterocycles. The van der Waals surface area contributed by atoms with Crippen molar-refractivity contribution in [2.75, 3.05) is 0 Å². The summed E-state index contributed by atoms with van der Waals surface area (Å²) < 4.78 is 68.8. The van der Waals surface area contributed by atoms with Crippen molar-refractivity contribution in [3.05, 3.63) is 41.4 Å². The topological polar surface area (TPSA) is 9.23 Å². The van der Waals surface area contributed by atoms with Gasteiger partial charge in [-0.1, -0.05) is 72.1 Å². The first-order valence-electron chi connectivity index (χ1n) is 10.6. The van der Waals surface area contributed by atoms with Gasteiger partial charge in [0, 0.05) is 0 Å². The van der Waals surface area contributed by atoms with Crippen molar-refractivity contribution in [3.8, 4) is 5.75 Å². The molecule has 1 aromatic carbocycles. The van der Waals surface area contributed by atoms with E-state index in [2.05, 4.69) is 25.5 Å². The van der Waals surface area contributed by atoms with E-state index in [4.69, 9.17) is 0 Å². The van der Waals surface area contributed by atoms with E-state index in [1.807, 2.05) is 0 Å². The van der Waals surface area contributed by atoms with Gasteiger partial charge in [0.25, 0.3) is 0 Å². The van der Waals surface area contributed by atoms with Crippen molar-refractivity contribution in [1.82, 2.24) is 0 Å². The largest absolute Gasteiger partial charge is 0.422 e. The van der Waals surface area contributed by atoms with Crippen molar-refractivity contribution in [1.29, 1.82) is 0 Å². The molecule has 0 aliphatic carbocycles. The van der Waals surface area contributed by atoms with Gasteiger partial charge in [-0.05, 0) is 42.4 Å². The van der Waals surface area contributed by atoms with Gasteiger partial charge in [0.2, 0.25) is 5.75 Å². The second-order valence-corrected chi connectivity index (χ2v) is 7.90. The lowest BCUT2D eigenvalue weighted by Crippen LogP contribution is -2.04. The maximum Gasteiger partial charge on any atom is 0.344 e. The maximum absolute atomic E-state index is 13.9. The van der Waals surface area contributed by atoms with E-state index in [-0.39, 0.29) is 0 Å². The zero-order valence-corrected chi connectivity index (χ0v) is 17.7. The highest BCUT2D eigenvalue weighted by atomic mass is 19.3. The van der Waals surface area contributed by atoms with Crippen LogP contribution in [0.25, 0.3) is 0 Å². The van der Waals surface area contributed by atoms with Gasteiger partial charge in [0.05, 0.1) is 0 Å². The number of halogens is 5. The highest BCUT2D eigenvalue weighted by molar-refractivity contribution is 5.32. The molecule has 1 rings (SSSR count). The standard InChI is InChI=1S/C23H33F5O/c1-4-8-16(3)10-6-11-17(9-5-2)12-7-13-18-14-19(24)21(20(25)15-18)29-23(28)22(26)27/h14-17H,4-13H2,1-3H3. The van der Waals surface area contributed by atoms with Crippen LogP contribution >= 0.6 is 0 Å². The first kappa shape index (κ1) is 25.4. The lowest BCUT2D eigenvalue weighted by atomic mass is 9.89. The Balaban J connectivity index is 2.57. The molecule has 6 heteroatoms. The van der Waals surface area contributed by atoms with E-state index in [9.17, 15) is 22.0 Å². The minimum Gasteiger partial charge on any atom is -0.422 e. The summed E-state index contributed by atoms with van der Waals surface area (Å²) >= 11 is 0. The monoisotopic (exact) mass is 420 g/mol. The van der Waals surface area contributed by atoms with Crippen LogP contribution in [0.15, 0.2) is 24.2 Å². The SMILES string of the molecule is CCCC(C)CCCC(CCC)CCCc1cc(F)c(OC(F)=C(F)F)c(F)c1. The van der Waals surface area contributed by atoms with Crippen LogP contribution in [0.1, 0.15) is 84.1 Å². The van der Waals surface area contributed by atoms with E-state index >= 15 is 0 Å². The molecule has 166 valence electrons. The molecule has 0 aliphatic rings. The zero-order chi connectivity index (χ0) is 21.8. The Morgan fingerprint density at radius 3 is 2.00 bits per heavy atom. The van der Waals surface area contributed by atoms with Crippen LogP contribution in [0.4, 0.5) is 22.0 Å². The van der Waals surface area contributed by atoms with Gasteiger partial charge in [-0.25, -0.2) is 8.78 Å². The first-order valence-corrected chi connectivity index (χ1v) is 10.6. The maximum atomic E-state index is 13.9. The number of hydrogen-bond acceptors (Lipinski definition) is 1. The fourth-order valence-corrected chi connectivity index (χ4v) is 3.81. The third-order valence-corrected chi connectivity index (χ3v) is 5.26. The van der Waals surface area contributed by atoms with E-state index < -0.39 is 29.5 Å². The van der Waals surface area contributed by atoms with E-state index in [0.717, 1.165) is 50.2 Å². The predicted octanol–water partition coefficient (Wildman–Crippen LogP) is 8.72. The molecule has 0 amide bonds. The molecule has 0 N–H and O–H groups in total. The number of benzene rings is 1. The average molecular weight is 421 g/mol. The third kappa shape index (κ3) is 9.64. The van der Waals surface area contributed by atoms with Crippen LogP contribution in [0.2, 0.25) is 0 Å². The molecule has 2 atom stereocenters. The first-order chi connectivity index (χ1) is 13.8. The van der Waals surface area contributed by atoms with Crippen LogP contribution < -0.4 is 4.74 Å². The molecule has 29 heavy (non-hydrogen) atoms. The molecule has 0 aliphatic heterocycles. The molecule has 0 radical (unpaired) electrons. The van der Waals surface area contributed by atoms with E-state index in [1.165, 1.54) is 25.7 Å². The van der Waals surface area contributed by atoms with Crippen LogP contribution in [0, 0.1) is 23.5 Å². The van der Waals surface area contributed by atoms with Crippen LogP contribution in [0.5, 0.6) is 5.75 Å². The molecule has 0 saturated carbocycles. The van der Waals surface area contributed by atoms with Crippen LogP contribution in [0.3, 0.4) is 0 Å². The van der Waals surface area contributed by atoms with Gasteiger partial charge in [-0.15, -0.1) is 0 Å². The Morgan fingerprint density at radius 1 is 0.862 bits per heavy atom. The van der Waals surface area contributed by atoms with Crippen LogP contribution in [-0.2, 0) is 6.42 Å². The normalized spacial score (nSPS) is 13.2. The van der Waals surface area contributed by atoms with Crippen molar-refractivity contribution in [2.24, 2.45) is 11.8 Å². The Kier molecular flexibility index (Phi) is 11.9. The Bertz CT molecular complexity index is 617. The molecule has 0 aromatic heterocycles. The summed E-state index contributed by atoms with van der Waals surface area (Å²) in [6.07, 6.45) is 7.76. The molecule has 0 saturated heterocycles. The third-order valence-electron chi connectivity index (χ3n) is 5.26. The van der Waals surface area contributed by atoms with Crippen molar-refractivity contribution < 1.29 is 26.7 Å². The predicted molar refractivity (Wildman–Crippen MR) is 107 cm³/mol. The fraction of sp³-hybridized carbons (Fsp3) is 0.652. The molecule has 1 nitrogen and oxygen atoms in total. The number of ether oxygens (including phenoxy) is 1. The van der Waals surface area contributed by atoms with Crippen molar-refractivity contribution >= 4 is 0 Å². The van der Waals surface area contributed by atoms with E-state index in [0.29, 0.717) is 17.9 Å². The molecule has 0 fully saturated rings. The Hall–Kier alpha value is -1.59. The van der Waals surface area contributed by atoms with Gasteiger partial charge in [-0.2, -0.15) is 13.2 Å². The van der Waals surface area contributed by atoms with Gasteiger partial charge in [0.1, 0.15) is 0 Å². The smallest absolute Gasteiger partial charge is 0.344 e. The lowest BCUT2D eigenvalue weighted by molar-refractivity contribution is 0.226. The summed E-state index contributed by atoms with van der Waals surface area (Å²) in [6, 6.07) is -0.266. The van der Waals surface area contributed by atoms with Crippen molar-refractivity contribution in [3.63, 3.8) is 0 Å². The van der Waals surface area contributed by atoms with Gasteiger partial charge in [-0.3, -0.25) is 0 Å². The van der Waals surface area contributed by atoms with Crippen LogP contribution in [-0.4, -0.2) is 0 Å². The summed E-state index contributed by atoms with van der Waals surface area (Å²) in [5, 5.41) is 0.